The van der Waals surface area contributed by atoms with E-state index in [9.17, 15) is 0 Å². The van der Waals surface area contributed by atoms with Crippen molar-refractivity contribution in [3.8, 4) is 0 Å². The Balaban J connectivity index is 2.41. The largest absolute Gasteiger partial charge is 0.369 e. The fourth-order valence-electron chi connectivity index (χ4n) is 0.934. The number of halogens is 1. The number of anilines is 1. The minimum absolute atomic E-state index is 0.204. The highest BCUT2D eigenvalue weighted by molar-refractivity contribution is 6.32. The predicted molar refractivity (Wildman–Crippen MR) is 56.0 cm³/mol. The summed E-state index contributed by atoms with van der Waals surface area (Å²) < 4.78 is 0. The summed E-state index contributed by atoms with van der Waals surface area (Å²) in [6.07, 6.45) is 2.62. The van der Waals surface area contributed by atoms with Gasteiger partial charge < -0.3 is 11.1 Å². The molecule has 0 saturated heterocycles. The minimum Gasteiger partial charge on any atom is -0.369 e. The van der Waals surface area contributed by atoms with Crippen LogP contribution in [-0.2, 0) is 0 Å². The van der Waals surface area contributed by atoms with Crippen LogP contribution >= 0.6 is 11.6 Å². The molecule has 0 bridgehead atoms. The van der Waals surface area contributed by atoms with E-state index in [-0.39, 0.29) is 6.04 Å². The number of nitrogens with one attached hydrogen (secondary N) is 1. The maximum atomic E-state index is 5.88. The lowest BCUT2D eigenvalue weighted by atomic mass is 10.2. The normalized spacial score (nSPS) is 12.5. The Hall–Kier alpha value is -0.800. The lowest BCUT2D eigenvalue weighted by Gasteiger charge is -2.08. The summed E-state index contributed by atoms with van der Waals surface area (Å²) in [5, 5.41) is 3.77. The van der Waals surface area contributed by atoms with Gasteiger partial charge in [-0.3, -0.25) is 0 Å². The van der Waals surface area contributed by atoms with E-state index in [0.29, 0.717) is 5.02 Å². The first-order chi connectivity index (χ1) is 6.20. The highest BCUT2D eigenvalue weighted by Gasteiger charge is 1.99. The van der Waals surface area contributed by atoms with E-state index >= 15 is 0 Å². The van der Waals surface area contributed by atoms with Gasteiger partial charge in [0.25, 0.3) is 0 Å². The summed E-state index contributed by atoms with van der Waals surface area (Å²) in [6, 6.07) is 3.82. The zero-order chi connectivity index (χ0) is 9.68. The number of nitrogens with two attached hydrogens (primary N) is 1. The van der Waals surface area contributed by atoms with Crippen LogP contribution in [0.4, 0.5) is 5.82 Å². The third-order valence-electron chi connectivity index (χ3n) is 1.65. The smallest absolute Gasteiger partial charge is 0.144 e. The number of nitrogens with zero attached hydrogens (tertiary/aromatic N) is 1. The zero-order valence-electron chi connectivity index (χ0n) is 7.63. The number of aromatic nitrogens is 1. The third-order valence-corrected chi connectivity index (χ3v) is 1.96. The molecule has 3 nitrogen and oxygen atoms in total. The molecule has 1 atom stereocenters. The standard InChI is InChI=1S/C9H14ClN3/c1-7(11)4-6-13-9-8(10)3-2-5-12-9/h2-3,5,7H,4,6,11H2,1H3,(H,12,13). The Morgan fingerprint density at radius 3 is 3.08 bits per heavy atom. The Morgan fingerprint density at radius 1 is 1.69 bits per heavy atom. The summed E-state index contributed by atoms with van der Waals surface area (Å²) in [7, 11) is 0. The number of pyridine rings is 1. The van der Waals surface area contributed by atoms with E-state index in [1.165, 1.54) is 0 Å². The molecule has 0 amide bonds. The molecule has 72 valence electrons. The monoisotopic (exact) mass is 199 g/mol. The molecule has 0 aliphatic heterocycles. The van der Waals surface area contributed by atoms with E-state index < -0.39 is 0 Å². The first-order valence-corrected chi connectivity index (χ1v) is 4.68. The first kappa shape index (κ1) is 10.3. The second-order valence-corrected chi connectivity index (χ2v) is 3.43. The maximum absolute atomic E-state index is 5.88. The van der Waals surface area contributed by atoms with E-state index in [4.69, 9.17) is 17.3 Å². The molecule has 0 aromatic carbocycles. The van der Waals surface area contributed by atoms with Crippen LogP contribution < -0.4 is 11.1 Å². The fraction of sp³-hybridized carbons (Fsp3) is 0.444. The lowest BCUT2D eigenvalue weighted by molar-refractivity contribution is 0.689. The van der Waals surface area contributed by atoms with Gasteiger partial charge in [0, 0.05) is 18.8 Å². The van der Waals surface area contributed by atoms with Gasteiger partial charge in [0.05, 0.1) is 5.02 Å². The summed E-state index contributed by atoms with van der Waals surface area (Å²) in [4.78, 5) is 4.09. The molecule has 3 N–H and O–H groups in total. The molecule has 1 rings (SSSR count). The van der Waals surface area contributed by atoms with Crippen LogP contribution in [-0.4, -0.2) is 17.6 Å². The molecular weight excluding hydrogens is 186 g/mol. The summed E-state index contributed by atoms with van der Waals surface area (Å²) >= 11 is 5.88. The average molecular weight is 200 g/mol. The second-order valence-electron chi connectivity index (χ2n) is 3.03. The van der Waals surface area contributed by atoms with Gasteiger partial charge in [-0.25, -0.2) is 4.98 Å². The van der Waals surface area contributed by atoms with Crippen LogP contribution in [0.25, 0.3) is 0 Å². The van der Waals surface area contributed by atoms with Crippen molar-refractivity contribution in [2.24, 2.45) is 5.73 Å². The number of hydrogen-bond donors (Lipinski definition) is 2. The number of rotatable bonds is 4. The highest BCUT2D eigenvalue weighted by Crippen LogP contribution is 2.16. The van der Waals surface area contributed by atoms with Crippen LogP contribution in [0.1, 0.15) is 13.3 Å². The van der Waals surface area contributed by atoms with Crippen molar-refractivity contribution in [2.45, 2.75) is 19.4 Å². The van der Waals surface area contributed by atoms with Crippen molar-refractivity contribution in [3.05, 3.63) is 23.4 Å². The molecule has 4 heteroatoms. The second kappa shape index (κ2) is 5.04. The van der Waals surface area contributed by atoms with Gasteiger partial charge in [-0.1, -0.05) is 11.6 Å². The van der Waals surface area contributed by atoms with Gasteiger partial charge in [-0.15, -0.1) is 0 Å². The van der Waals surface area contributed by atoms with Crippen molar-refractivity contribution in [2.75, 3.05) is 11.9 Å². The van der Waals surface area contributed by atoms with Gasteiger partial charge in [0.1, 0.15) is 5.82 Å². The molecule has 1 unspecified atom stereocenters. The third kappa shape index (κ3) is 3.61. The molecule has 1 heterocycles. The maximum Gasteiger partial charge on any atom is 0.144 e. The van der Waals surface area contributed by atoms with Crippen LogP contribution in [0.15, 0.2) is 18.3 Å². The minimum atomic E-state index is 0.204. The Bertz CT molecular complexity index is 263. The van der Waals surface area contributed by atoms with Crippen molar-refractivity contribution >= 4 is 17.4 Å². The van der Waals surface area contributed by atoms with Gasteiger partial charge in [0.15, 0.2) is 0 Å². The van der Waals surface area contributed by atoms with Crippen molar-refractivity contribution in [3.63, 3.8) is 0 Å². The van der Waals surface area contributed by atoms with Crippen LogP contribution in [0, 0.1) is 0 Å². The molecular formula is C9H14ClN3. The Kier molecular flexibility index (Phi) is 3.99. The topological polar surface area (TPSA) is 50.9 Å². The van der Waals surface area contributed by atoms with Gasteiger partial charge in [0.2, 0.25) is 0 Å². The van der Waals surface area contributed by atoms with Crippen molar-refractivity contribution in [1.29, 1.82) is 0 Å². The molecule has 0 saturated carbocycles. The number of hydrogen-bond acceptors (Lipinski definition) is 3. The zero-order valence-corrected chi connectivity index (χ0v) is 8.38. The average Bonchev–Trinajstić information content (AvgIpc) is 2.08. The van der Waals surface area contributed by atoms with Gasteiger partial charge >= 0.3 is 0 Å². The van der Waals surface area contributed by atoms with E-state index in [1.807, 2.05) is 13.0 Å². The quantitative estimate of drug-likeness (QED) is 0.779. The van der Waals surface area contributed by atoms with Crippen LogP contribution in [0.5, 0.6) is 0 Å². The van der Waals surface area contributed by atoms with Crippen LogP contribution in [0.3, 0.4) is 0 Å². The summed E-state index contributed by atoms with van der Waals surface area (Å²) in [6.45, 7) is 2.77. The van der Waals surface area contributed by atoms with Crippen molar-refractivity contribution in [1.82, 2.24) is 4.98 Å². The molecule has 1 aromatic rings. The Labute approximate surface area is 83.3 Å². The molecule has 0 spiro atoms. The fourth-order valence-corrected chi connectivity index (χ4v) is 1.12. The molecule has 0 fully saturated rings. The predicted octanol–water partition coefficient (Wildman–Crippen LogP) is 1.88. The van der Waals surface area contributed by atoms with Crippen LogP contribution in [0.2, 0.25) is 5.02 Å². The molecule has 13 heavy (non-hydrogen) atoms. The molecule has 0 aliphatic carbocycles. The molecule has 0 aliphatic rings. The SMILES string of the molecule is CC(N)CCNc1ncccc1Cl. The highest BCUT2D eigenvalue weighted by atomic mass is 35.5. The lowest BCUT2D eigenvalue weighted by Crippen LogP contribution is -2.19. The molecule has 0 radical (unpaired) electrons. The Morgan fingerprint density at radius 2 is 2.46 bits per heavy atom. The van der Waals surface area contributed by atoms with E-state index in [2.05, 4.69) is 10.3 Å². The first-order valence-electron chi connectivity index (χ1n) is 4.30. The summed E-state index contributed by atoms with van der Waals surface area (Å²) in [5.41, 5.74) is 5.60. The van der Waals surface area contributed by atoms with Gasteiger partial charge in [-0.2, -0.15) is 0 Å². The summed E-state index contributed by atoms with van der Waals surface area (Å²) in [5.74, 6) is 0.727. The van der Waals surface area contributed by atoms with Gasteiger partial charge in [-0.05, 0) is 25.5 Å². The van der Waals surface area contributed by atoms with E-state index in [0.717, 1.165) is 18.8 Å². The van der Waals surface area contributed by atoms with Crippen molar-refractivity contribution < 1.29 is 0 Å². The molecule has 1 aromatic heterocycles. The van der Waals surface area contributed by atoms with E-state index in [1.54, 1.807) is 12.3 Å².